The van der Waals surface area contributed by atoms with E-state index in [1.54, 1.807) is 6.08 Å². The maximum absolute atomic E-state index is 12.6. The molecule has 0 radical (unpaired) electrons. The summed E-state index contributed by atoms with van der Waals surface area (Å²) in [7, 11) is 1.45. The summed E-state index contributed by atoms with van der Waals surface area (Å²) >= 11 is 1.27. The highest BCUT2D eigenvalue weighted by Gasteiger charge is 2.32. The number of nitrogens with one attached hydrogen (secondary N) is 1. The molecule has 0 aliphatic rings. The molecule has 0 spiro atoms. The fourth-order valence-electron chi connectivity index (χ4n) is 1.50. The van der Waals surface area contributed by atoms with Crippen LogP contribution in [0.1, 0.15) is 35.1 Å². The number of hydrogen-bond acceptors (Lipinski definition) is 5. The van der Waals surface area contributed by atoms with Crippen LogP contribution in [0.15, 0.2) is 12.7 Å². The molecule has 0 rings (SSSR count). The Morgan fingerprint density at radius 1 is 1.36 bits per heavy atom. The van der Waals surface area contributed by atoms with E-state index in [9.17, 15) is 9.59 Å². The molecule has 0 aromatic rings. The minimum absolute atomic E-state index is 0. The summed E-state index contributed by atoms with van der Waals surface area (Å²) < 4.78 is 10.5. The van der Waals surface area contributed by atoms with Gasteiger partial charge in [0.05, 0.1) is 0 Å². The molecule has 0 saturated carbocycles. The van der Waals surface area contributed by atoms with Crippen molar-refractivity contribution in [2.75, 3.05) is 19.5 Å². The van der Waals surface area contributed by atoms with Crippen LogP contribution in [0.3, 0.4) is 0 Å². The van der Waals surface area contributed by atoms with Crippen LogP contribution < -0.4 is 5.32 Å². The third-order valence-electron chi connectivity index (χ3n) is 2.80. The molecule has 0 aliphatic heterocycles. The van der Waals surface area contributed by atoms with Crippen molar-refractivity contribution < 1.29 is 18.5 Å². The number of nitrogens with zero attached hydrogens (tertiary/aromatic N) is 1. The molecular formula is C15H30N2O4S. The van der Waals surface area contributed by atoms with Crippen LogP contribution in [0.4, 0.5) is 4.79 Å². The molecule has 0 bridgehead atoms. The highest BCUT2D eigenvalue weighted by atomic mass is 32.2. The Balaban J connectivity index is 0. The van der Waals surface area contributed by atoms with Crippen LogP contribution in [0.25, 0.3) is 0 Å². The number of rotatable bonds is 9. The van der Waals surface area contributed by atoms with E-state index in [0.29, 0.717) is 0 Å². The summed E-state index contributed by atoms with van der Waals surface area (Å²) in [5.74, 6) is 0.346. The van der Waals surface area contributed by atoms with Crippen molar-refractivity contribution in [3.63, 3.8) is 0 Å². The standard InChI is InChI=1S/C14H26N2O4S.CH4/c1-7-11(5)16(9-19-21-8-2)13(17)12(10(3)4)20-14(18)15-6;/h7,10-12H,1,8-9H2,2-6H3,(H,15,18);1H4. The zero-order valence-electron chi connectivity index (χ0n) is 13.4. The molecule has 2 amide bonds. The minimum Gasteiger partial charge on any atom is -0.436 e. The number of alkyl carbamates (subject to hydrolysis) is 1. The first-order valence-electron chi connectivity index (χ1n) is 6.94. The van der Waals surface area contributed by atoms with E-state index in [-0.39, 0.29) is 32.0 Å². The van der Waals surface area contributed by atoms with Gasteiger partial charge in [-0.3, -0.25) is 8.98 Å². The van der Waals surface area contributed by atoms with Crippen molar-refractivity contribution in [1.82, 2.24) is 10.2 Å². The average molecular weight is 334 g/mol. The Bertz CT molecular complexity index is 350. The van der Waals surface area contributed by atoms with E-state index in [4.69, 9.17) is 8.92 Å². The first-order chi connectivity index (χ1) is 9.88. The second-order valence-corrected chi connectivity index (χ2v) is 5.81. The van der Waals surface area contributed by atoms with Gasteiger partial charge in [-0.15, -0.1) is 6.58 Å². The molecule has 1 N–H and O–H groups in total. The second-order valence-electron chi connectivity index (χ2n) is 4.76. The lowest BCUT2D eigenvalue weighted by Gasteiger charge is -2.31. The molecule has 0 aliphatic carbocycles. The van der Waals surface area contributed by atoms with Gasteiger partial charge in [0.15, 0.2) is 6.10 Å². The van der Waals surface area contributed by atoms with E-state index >= 15 is 0 Å². The van der Waals surface area contributed by atoms with E-state index in [1.807, 2.05) is 27.7 Å². The molecular weight excluding hydrogens is 304 g/mol. The van der Waals surface area contributed by atoms with Gasteiger partial charge in [0, 0.05) is 18.8 Å². The minimum atomic E-state index is -0.859. The monoisotopic (exact) mass is 334 g/mol. The van der Waals surface area contributed by atoms with E-state index in [2.05, 4.69) is 11.9 Å². The van der Waals surface area contributed by atoms with Crippen LogP contribution >= 0.6 is 12.0 Å². The summed E-state index contributed by atoms with van der Waals surface area (Å²) in [6.45, 7) is 11.3. The van der Waals surface area contributed by atoms with E-state index < -0.39 is 12.2 Å². The summed E-state index contributed by atoms with van der Waals surface area (Å²) in [5, 5.41) is 2.35. The normalized spacial score (nSPS) is 12.8. The van der Waals surface area contributed by atoms with Gasteiger partial charge in [0.1, 0.15) is 6.73 Å². The summed E-state index contributed by atoms with van der Waals surface area (Å²) in [6.07, 6.45) is 0.162. The third kappa shape index (κ3) is 7.70. The fourth-order valence-corrected chi connectivity index (χ4v) is 1.85. The Kier molecular flexibility index (Phi) is 12.9. The van der Waals surface area contributed by atoms with Crippen molar-refractivity contribution in [1.29, 1.82) is 0 Å². The van der Waals surface area contributed by atoms with Crippen molar-refractivity contribution in [2.45, 2.75) is 47.3 Å². The molecule has 0 aromatic carbocycles. The van der Waals surface area contributed by atoms with Crippen LogP contribution in [0.5, 0.6) is 0 Å². The summed E-state index contributed by atoms with van der Waals surface area (Å²) in [4.78, 5) is 25.5. The molecule has 6 nitrogen and oxygen atoms in total. The quantitative estimate of drug-likeness (QED) is 0.304. The Labute approximate surface area is 138 Å². The number of carbonyl (C=O) groups excluding carboxylic acids is 2. The largest absolute Gasteiger partial charge is 0.436 e. The number of ether oxygens (including phenoxy) is 1. The SMILES string of the molecule is C.C=CC(C)N(COSCC)C(=O)C(OC(=O)NC)C(C)C. The lowest BCUT2D eigenvalue weighted by Crippen LogP contribution is -2.48. The van der Waals surface area contributed by atoms with Crippen LogP contribution in [0.2, 0.25) is 0 Å². The van der Waals surface area contributed by atoms with Gasteiger partial charge in [-0.25, -0.2) is 4.79 Å². The van der Waals surface area contributed by atoms with Crippen molar-refractivity contribution >= 4 is 24.0 Å². The highest BCUT2D eigenvalue weighted by molar-refractivity contribution is 7.94. The predicted octanol–water partition coefficient (Wildman–Crippen LogP) is 3.05. The maximum Gasteiger partial charge on any atom is 0.407 e. The predicted molar refractivity (Wildman–Crippen MR) is 91.5 cm³/mol. The zero-order chi connectivity index (χ0) is 16.4. The third-order valence-corrected chi connectivity index (χ3v) is 3.30. The van der Waals surface area contributed by atoms with Gasteiger partial charge >= 0.3 is 6.09 Å². The molecule has 2 atom stereocenters. The number of hydrogen-bond donors (Lipinski definition) is 1. The van der Waals surface area contributed by atoms with Crippen molar-refractivity contribution in [3.8, 4) is 0 Å². The van der Waals surface area contributed by atoms with Gasteiger partial charge in [-0.2, -0.15) is 0 Å². The topological polar surface area (TPSA) is 67.9 Å². The second kappa shape index (κ2) is 12.3. The summed E-state index contributed by atoms with van der Waals surface area (Å²) in [6, 6.07) is -0.218. The molecule has 0 heterocycles. The Morgan fingerprint density at radius 3 is 2.36 bits per heavy atom. The lowest BCUT2D eigenvalue weighted by atomic mass is 10.1. The van der Waals surface area contributed by atoms with Gasteiger partial charge in [0.25, 0.3) is 5.91 Å². The van der Waals surface area contributed by atoms with Gasteiger partial charge in [-0.05, 0) is 24.9 Å². The first kappa shape index (κ1) is 23.1. The van der Waals surface area contributed by atoms with Crippen molar-refractivity contribution in [3.05, 3.63) is 12.7 Å². The number of amides is 2. The molecule has 130 valence electrons. The molecule has 0 fully saturated rings. The molecule has 0 aromatic heterocycles. The maximum atomic E-state index is 12.6. The molecule has 2 unspecified atom stereocenters. The fraction of sp³-hybridized carbons (Fsp3) is 0.733. The van der Waals surface area contributed by atoms with Crippen LogP contribution in [-0.4, -0.2) is 48.6 Å². The van der Waals surface area contributed by atoms with E-state index in [1.165, 1.54) is 24.0 Å². The van der Waals surface area contributed by atoms with Crippen LogP contribution in [0, 0.1) is 5.92 Å². The first-order valence-corrected chi connectivity index (χ1v) is 7.85. The van der Waals surface area contributed by atoms with Crippen LogP contribution in [-0.2, 0) is 13.7 Å². The van der Waals surface area contributed by atoms with Gasteiger partial charge in [0.2, 0.25) is 0 Å². The Morgan fingerprint density at radius 2 is 1.95 bits per heavy atom. The van der Waals surface area contributed by atoms with Crippen molar-refractivity contribution in [2.24, 2.45) is 5.92 Å². The zero-order valence-corrected chi connectivity index (χ0v) is 14.2. The molecule has 0 saturated heterocycles. The molecule has 7 heteroatoms. The highest BCUT2D eigenvalue weighted by Crippen LogP contribution is 2.15. The summed E-state index contributed by atoms with van der Waals surface area (Å²) in [5.41, 5.74) is 0. The molecule has 22 heavy (non-hydrogen) atoms. The van der Waals surface area contributed by atoms with Gasteiger partial charge < -0.3 is 15.0 Å². The van der Waals surface area contributed by atoms with Gasteiger partial charge in [-0.1, -0.05) is 34.3 Å². The Hall–Kier alpha value is -1.21. The number of carbonyl (C=O) groups is 2. The smallest absolute Gasteiger partial charge is 0.407 e. The average Bonchev–Trinajstić information content (AvgIpc) is 2.47. The van der Waals surface area contributed by atoms with E-state index in [0.717, 1.165) is 5.75 Å². The lowest BCUT2D eigenvalue weighted by molar-refractivity contribution is -0.146.